The highest BCUT2D eigenvalue weighted by Crippen LogP contribution is 2.32. The van der Waals surface area contributed by atoms with Crippen molar-refractivity contribution in [3.63, 3.8) is 0 Å². The lowest BCUT2D eigenvalue weighted by Gasteiger charge is -2.31. The zero-order valence-electron chi connectivity index (χ0n) is 9.37. The fraction of sp³-hybridized carbons (Fsp3) is 0.833. The number of ketones is 1. The molecule has 0 aromatic rings. The molecular weight excluding hydrogens is 190 g/mol. The third-order valence-corrected chi connectivity index (χ3v) is 3.43. The highest BCUT2D eigenvalue weighted by molar-refractivity contribution is 5.81. The van der Waals surface area contributed by atoms with Crippen molar-refractivity contribution in [2.24, 2.45) is 11.8 Å². The largest absolute Gasteiger partial charge is 0.342 e. The Morgan fingerprint density at radius 2 is 1.73 bits per heavy atom. The SMILES string of the molecule is CC(=O)CC1CCN(C(=O)C2CC2)CC1. The Hall–Kier alpha value is -0.860. The van der Waals surface area contributed by atoms with Crippen molar-refractivity contribution in [2.75, 3.05) is 13.1 Å². The highest BCUT2D eigenvalue weighted by atomic mass is 16.2. The Kier molecular flexibility index (Phi) is 3.08. The molecule has 0 N–H and O–H groups in total. The number of carbonyl (C=O) groups excluding carboxylic acids is 2. The Morgan fingerprint density at radius 1 is 1.13 bits per heavy atom. The maximum atomic E-state index is 11.7. The first-order valence-corrected chi connectivity index (χ1v) is 5.95. The molecule has 2 rings (SSSR count). The van der Waals surface area contributed by atoms with Crippen LogP contribution in [-0.2, 0) is 9.59 Å². The van der Waals surface area contributed by atoms with Crippen molar-refractivity contribution in [3.05, 3.63) is 0 Å². The lowest BCUT2D eigenvalue weighted by molar-refractivity contribution is -0.134. The van der Waals surface area contributed by atoms with E-state index in [1.165, 1.54) is 0 Å². The van der Waals surface area contributed by atoms with Gasteiger partial charge in [-0.25, -0.2) is 0 Å². The molecule has 0 unspecified atom stereocenters. The van der Waals surface area contributed by atoms with Gasteiger partial charge in [-0.3, -0.25) is 4.79 Å². The molecule has 1 heterocycles. The monoisotopic (exact) mass is 209 g/mol. The van der Waals surface area contributed by atoms with Gasteiger partial charge in [0.2, 0.25) is 5.91 Å². The zero-order valence-corrected chi connectivity index (χ0v) is 9.37. The third kappa shape index (κ3) is 2.80. The minimum atomic E-state index is 0.280. The summed E-state index contributed by atoms with van der Waals surface area (Å²) in [5.41, 5.74) is 0. The minimum absolute atomic E-state index is 0.280. The lowest BCUT2D eigenvalue weighted by Crippen LogP contribution is -2.39. The van der Waals surface area contributed by atoms with Crippen LogP contribution in [0.3, 0.4) is 0 Å². The fourth-order valence-corrected chi connectivity index (χ4v) is 2.35. The molecule has 1 amide bonds. The quantitative estimate of drug-likeness (QED) is 0.708. The Bertz CT molecular complexity index is 263. The van der Waals surface area contributed by atoms with Gasteiger partial charge in [-0.15, -0.1) is 0 Å². The number of Topliss-reactive ketones (excluding diaryl/α,β-unsaturated/α-hetero) is 1. The fourth-order valence-electron chi connectivity index (χ4n) is 2.35. The summed E-state index contributed by atoms with van der Waals surface area (Å²) in [5.74, 6) is 1.50. The van der Waals surface area contributed by atoms with Crippen LogP contribution in [0.5, 0.6) is 0 Å². The van der Waals surface area contributed by atoms with Crippen LogP contribution in [0, 0.1) is 11.8 Å². The summed E-state index contributed by atoms with van der Waals surface area (Å²) in [7, 11) is 0. The van der Waals surface area contributed by atoms with Crippen LogP contribution in [0.25, 0.3) is 0 Å². The number of rotatable bonds is 3. The van der Waals surface area contributed by atoms with Crippen LogP contribution in [-0.4, -0.2) is 29.7 Å². The van der Waals surface area contributed by atoms with Crippen molar-refractivity contribution in [2.45, 2.75) is 39.0 Å². The second-order valence-corrected chi connectivity index (χ2v) is 4.95. The molecule has 3 heteroatoms. The van der Waals surface area contributed by atoms with Gasteiger partial charge >= 0.3 is 0 Å². The van der Waals surface area contributed by atoms with E-state index in [4.69, 9.17) is 0 Å². The van der Waals surface area contributed by atoms with Gasteiger partial charge < -0.3 is 9.69 Å². The van der Waals surface area contributed by atoms with Crippen LogP contribution in [0.15, 0.2) is 0 Å². The molecule has 0 radical (unpaired) electrons. The second-order valence-electron chi connectivity index (χ2n) is 4.95. The number of likely N-dealkylation sites (tertiary alicyclic amines) is 1. The lowest BCUT2D eigenvalue weighted by atomic mass is 9.92. The van der Waals surface area contributed by atoms with E-state index in [0.717, 1.165) is 38.8 Å². The normalized spacial score (nSPS) is 22.9. The van der Waals surface area contributed by atoms with Crippen molar-refractivity contribution in [1.82, 2.24) is 4.90 Å². The molecule has 84 valence electrons. The molecule has 1 saturated carbocycles. The summed E-state index contributed by atoms with van der Waals surface area (Å²) in [6.45, 7) is 3.39. The molecule has 0 aromatic carbocycles. The van der Waals surface area contributed by atoms with Gasteiger partial charge in [0.05, 0.1) is 0 Å². The average molecular weight is 209 g/mol. The van der Waals surface area contributed by atoms with Gasteiger partial charge in [-0.05, 0) is 38.5 Å². The van der Waals surface area contributed by atoms with Crippen LogP contribution < -0.4 is 0 Å². The molecule has 0 atom stereocenters. The first-order valence-electron chi connectivity index (χ1n) is 5.95. The molecule has 1 aliphatic heterocycles. The molecule has 1 aliphatic carbocycles. The second kappa shape index (κ2) is 4.33. The van der Waals surface area contributed by atoms with Crippen LogP contribution in [0.4, 0.5) is 0 Å². The summed E-state index contributed by atoms with van der Waals surface area (Å²) in [6.07, 6.45) is 4.90. The van der Waals surface area contributed by atoms with Gasteiger partial charge in [0, 0.05) is 25.4 Å². The molecule has 15 heavy (non-hydrogen) atoms. The van der Waals surface area contributed by atoms with E-state index in [1.54, 1.807) is 6.92 Å². The van der Waals surface area contributed by atoms with Crippen molar-refractivity contribution in [3.8, 4) is 0 Å². The number of hydrogen-bond donors (Lipinski definition) is 0. The highest BCUT2D eigenvalue weighted by Gasteiger charge is 2.34. The maximum Gasteiger partial charge on any atom is 0.225 e. The maximum absolute atomic E-state index is 11.7. The topological polar surface area (TPSA) is 37.4 Å². The number of hydrogen-bond acceptors (Lipinski definition) is 2. The Balaban J connectivity index is 1.76. The van der Waals surface area contributed by atoms with E-state index in [-0.39, 0.29) is 5.78 Å². The Morgan fingerprint density at radius 3 is 2.20 bits per heavy atom. The van der Waals surface area contributed by atoms with Crippen molar-refractivity contribution >= 4 is 11.7 Å². The van der Waals surface area contributed by atoms with Crippen LogP contribution >= 0.6 is 0 Å². The van der Waals surface area contributed by atoms with E-state index < -0.39 is 0 Å². The molecule has 1 saturated heterocycles. The van der Waals surface area contributed by atoms with Crippen LogP contribution in [0.1, 0.15) is 39.0 Å². The summed E-state index contributed by atoms with van der Waals surface area (Å²) in [5, 5.41) is 0. The smallest absolute Gasteiger partial charge is 0.225 e. The predicted molar refractivity (Wildman–Crippen MR) is 57.3 cm³/mol. The van der Waals surface area contributed by atoms with E-state index in [0.29, 0.717) is 24.2 Å². The standard InChI is InChI=1S/C12H19NO2/c1-9(14)8-10-4-6-13(7-5-10)12(15)11-2-3-11/h10-11H,2-8H2,1H3. The van der Waals surface area contributed by atoms with Crippen molar-refractivity contribution < 1.29 is 9.59 Å². The van der Waals surface area contributed by atoms with Gasteiger partial charge in [0.1, 0.15) is 5.78 Å². The number of amides is 1. The summed E-state index contributed by atoms with van der Waals surface area (Å²) < 4.78 is 0. The van der Waals surface area contributed by atoms with E-state index in [9.17, 15) is 9.59 Å². The van der Waals surface area contributed by atoms with Crippen molar-refractivity contribution in [1.29, 1.82) is 0 Å². The molecular formula is C12H19NO2. The van der Waals surface area contributed by atoms with E-state index in [1.807, 2.05) is 4.90 Å². The van der Waals surface area contributed by atoms with Gasteiger partial charge in [-0.1, -0.05) is 0 Å². The number of piperidine rings is 1. The summed E-state index contributed by atoms with van der Waals surface area (Å²) in [4.78, 5) is 24.7. The zero-order chi connectivity index (χ0) is 10.8. The molecule has 0 aromatic heterocycles. The number of carbonyl (C=O) groups is 2. The third-order valence-electron chi connectivity index (χ3n) is 3.43. The molecule has 3 nitrogen and oxygen atoms in total. The van der Waals surface area contributed by atoms with Gasteiger partial charge in [-0.2, -0.15) is 0 Å². The van der Waals surface area contributed by atoms with E-state index in [2.05, 4.69) is 0 Å². The first-order chi connectivity index (χ1) is 7.16. The Labute approximate surface area is 90.8 Å². The van der Waals surface area contributed by atoms with Gasteiger partial charge in [0.15, 0.2) is 0 Å². The summed E-state index contributed by atoms with van der Waals surface area (Å²) in [6, 6.07) is 0. The molecule has 0 bridgehead atoms. The predicted octanol–water partition coefficient (Wildman–Crippen LogP) is 1.61. The first kappa shape index (κ1) is 10.7. The molecule has 2 fully saturated rings. The number of nitrogens with zero attached hydrogens (tertiary/aromatic N) is 1. The van der Waals surface area contributed by atoms with Gasteiger partial charge in [0.25, 0.3) is 0 Å². The minimum Gasteiger partial charge on any atom is -0.342 e. The molecule has 2 aliphatic rings. The van der Waals surface area contributed by atoms with Crippen LogP contribution in [0.2, 0.25) is 0 Å². The average Bonchev–Trinajstić information content (AvgIpc) is 3.00. The summed E-state index contributed by atoms with van der Waals surface area (Å²) >= 11 is 0. The molecule has 0 spiro atoms. The van der Waals surface area contributed by atoms with E-state index >= 15 is 0 Å².